The van der Waals surface area contributed by atoms with Crippen molar-refractivity contribution in [2.24, 2.45) is 0 Å². The number of hydrogen-bond acceptors (Lipinski definition) is 3. The Bertz CT molecular complexity index is 533. The minimum Gasteiger partial charge on any atom is -0.493 e. The van der Waals surface area contributed by atoms with Crippen LogP contribution in [0.1, 0.15) is 6.42 Å². The molecule has 1 heterocycles. The lowest BCUT2D eigenvalue weighted by Crippen LogP contribution is -1.98. The fourth-order valence-electron chi connectivity index (χ4n) is 1.38. The number of fused-ring (bicyclic) bond motifs is 1. The molecule has 0 radical (unpaired) electrons. The molecule has 0 unspecified atom stereocenters. The Kier molecular flexibility index (Phi) is 3.47. The van der Waals surface area contributed by atoms with Crippen molar-refractivity contribution in [1.29, 1.82) is 0 Å². The van der Waals surface area contributed by atoms with Crippen molar-refractivity contribution in [1.82, 2.24) is 0 Å². The number of ether oxygens (including phenoxy) is 1. The topological polar surface area (TPSA) is 39.4 Å². The minimum absolute atomic E-state index is 0.356. The zero-order valence-electron chi connectivity index (χ0n) is 8.61. The van der Waals surface area contributed by atoms with Crippen LogP contribution in [0.4, 0.5) is 0 Å². The summed E-state index contributed by atoms with van der Waals surface area (Å²) in [5.74, 6) is 1.26. The number of halogens is 1. The molecule has 1 aromatic carbocycles. The van der Waals surface area contributed by atoms with E-state index < -0.39 is 0 Å². The molecular weight excluding hydrogens is 228 g/mol. The van der Waals surface area contributed by atoms with E-state index in [0.717, 1.165) is 11.8 Å². The molecule has 0 aliphatic rings. The van der Waals surface area contributed by atoms with Gasteiger partial charge < -0.3 is 9.15 Å². The first kappa shape index (κ1) is 11.0. The maximum Gasteiger partial charge on any atom is 0.336 e. The van der Waals surface area contributed by atoms with Gasteiger partial charge >= 0.3 is 5.63 Å². The highest BCUT2D eigenvalue weighted by atomic mass is 35.5. The molecule has 0 atom stereocenters. The van der Waals surface area contributed by atoms with E-state index >= 15 is 0 Å². The van der Waals surface area contributed by atoms with Crippen molar-refractivity contribution in [2.75, 3.05) is 12.5 Å². The molecule has 0 aliphatic heterocycles. The van der Waals surface area contributed by atoms with Gasteiger partial charge in [-0.05, 0) is 24.6 Å². The molecule has 0 spiro atoms. The summed E-state index contributed by atoms with van der Waals surface area (Å²) in [5, 5.41) is 0.879. The van der Waals surface area contributed by atoms with E-state index in [9.17, 15) is 4.79 Å². The van der Waals surface area contributed by atoms with Crippen molar-refractivity contribution < 1.29 is 9.15 Å². The maximum atomic E-state index is 11.0. The minimum atomic E-state index is -0.356. The van der Waals surface area contributed by atoms with Crippen LogP contribution < -0.4 is 10.4 Å². The summed E-state index contributed by atoms with van der Waals surface area (Å²) < 4.78 is 10.5. The molecule has 1 aromatic heterocycles. The third-order valence-corrected chi connectivity index (χ3v) is 2.41. The Morgan fingerprint density at radius 2 is 2.06 bits per heavy atom. The van der Waals surface area contributed by atoms with Crippen LogP contribution in [-0.2, 0) is 0 Å². The summed E-state index contributed by atoms with van der Waals surface area (Å²) >= 11 is 5.54. The average Bonchev–Trinajstić information content (AvgIpc) is 2.29. The fourth-order valence-corrected chi connectivity index (χ4v) is 1.48. The van der Waals surface area contributed by atoms with Crippen LogP contribution in [0.25, 0.3) is 11.0 Å². The van der Waals surface area contributed by atoms with Gasteiger partial charge in [-0.1, -0.05) is 0 Å². The van der Waals surface area contributed by atoms with E-state index in [-0.39, 0.29) is 5.63 Å². The molecule has 84 valence electrons. The summed E-state index contributed by atoms with van der Waals surface area (Å²) in [6.07, 6.45) is 0.790. The summed E-state index contributed by atoms with van der Waals surface area (Å²) in [6.45, 7) is 0.562. The Balaban J connectivity index is 2.25. The van der Waals surface area contributed by atoms with Crippen molar-refractivity contribution in [3.63, 3.8) is 0 Å². The number of hydrogen-bond donors (Lipinski definition) is 0. The molecule has 16 heavy (non-hydrogen) atoms. The average molecular weight is 239 g/mol. The Hall–Kier alpha value is -1.48. The second-order valence-electron chi connectivity index (χ2n) is 3.35. The predicted octanol–water partition coefficient (Wildman–Crippen LogP) is 2.80. The molecular formula is C12H11ClO3. The van der Waals surface area contributed by atoms with Gasteiger partial charge in [0.15, 0.2) is 0 Å². The largest absolute Gasteiger partial charge is 0.493 e. The van der Waals surface area contributed by atoms with E-state index in [2.05, 4.69) is 0 Å². The first-order chi connectivity index (χ1) is 7.79. The van der Waals surface area contributed by atoms with Crippen LogP contribution in [0.3, 0.4) is 0 Å². The van der Waals surface area contributed by atoms with Gasteiger partial charge in [0.2, 0.25) is 0 Å². The highest BCUT2D eigenvalue weighted by Crippen LogP contribution is 2.19. The molecule has 0 N–H and O–H groups in total. The fraction of sp³-hybridized carbons (Fsp3) is 0.250. The lowest BCUT2D eigenvalue weighted by molar-refractivity contribution is 0.318. The smallest absolute Gasteiger partial charge is 0.336 e. The number of benzene rings is 1. The first-order valence-corrected chi connectivity index (χ1v) is 5.56. The Morgan fingerprint density at radius 3 is 2.88 bits per heavy atom. The van der Waals surface area contributed by atoms with Crippen LogP contribution in [0.2, 0.25) is 0 Å². The lowest BCUT2D eigenvalue weighted by Gasteiger charge is -2.05. The first-order valence-electron chi connectivity index (χ1n) is 5.02. The lowest BCUT2D eigenvalue weighted by atomic mass is 10.2. The SMILES string of the molecule is O=c1ccc2ccc(OCCCCl)cc2o1. The van der Waals surface area contributed by atoms with Crippen LogP contribution in [0.15, 0.2) is 39.5 Å². The van der Waals surface area contributed by atoms with Crippen molar-refractivity contribution in [3.8, 4) is 5.75 Å². The summed E-state index contributed by atoms with van der Waals surface area (Å²) in [7, 11) is 0. The van der Waals surface area contributed by atoms with Gasteiger partial charge in [-0.25, -0.2) is 4.79 Å². The molecule has 0 saturated heterocycles. The van der Waals surface area contributed by atoms with Gasteiger partial charge in [-0.2, -0.15) is 0 Å². The van der Waals surface area contributed by atoms with E-state index in [1.54, 1.807) is 12.1 Å². The van der Waals surface area contributed by atoms with Crippen molar-refractivity contribution in [2.45, 2.75) is 6.42 Å². The van der Waals surface area contributed by atoms with Crippen molar-refractivity contribution in [3.05, 3.63) is 40.8 Å². The van der Waals surface area contributed by atoms with Gasteiger partial charge in [-0.3, -0.25) is 0 Å². The predicted molar refractivity (Wildman–Crippen MR) is 63.3 cm³/mol. The van der Waals surface area contributed by atoms with Gasteiger partial charge in [-0.15, -0.1) is 11.6 Å². The van der Waals surface area contributed by atoms with E-state index in [1.807, 2.05) is 12.1 Å². The second kappa shape index (κ2) is 5.03. The molecule has 0 aliphatic carbocycles. The summed E-state index contributed by atoms with van der Waals surface area (Å²) in [5.41, 5.74) is 0.182. The van der Waals surface area contributed by atoms with E-state index in [4.69, 9.17) is 20.8 Å². The van der Waals surface area contributed by atoms with Crippen molar-refractivity contribution >= 4 is 22.6 Å². The van der Waals surface area contributed by atoms with E-state index in [1.165, 1.54) is 6.07 Å². The summed E-state index contributed by atoms with van der Waals surface area (Å²) in [6, 6.07) is 8.54. The maximum absolute atomic E-state index is 11.0. The van der Waals surface area contributed by atoms with E-state index in [0.29, 0.717) is 23.8 Å². The number of alkyl halides is 1. The van der Waals surface area contributed by atoms with Gasteiger partial charge in [0.1, 0.15) is 11.3 Å². The molecule has 3 nitrogen and oxygen atoms in total. The molecule has 0 amide bonds. The van der Waals surface area contributed by atoms with Crippen LogP contribution in [0, 0.1) is 0 Å². The van der Waals surface area contributed by atoms with Gasteiger partial charge in [0.05, 0.1) is 6.61 Å². The second-order valence-corrected chi connectivity index (χ2v) is 3.72. The standard InChI is InChI=1S/C12H11ClO3/c13-6-1-7-15-10-4-2-9-3-5-12(14)16-11(9)8-10/h2-5,8H,1,6-7H2. The zero-order valence-corrected chi connectivity index (χ0v) is 9.37. The van der Waals surface area contributed by atoms with Gasteiger partial charge in [0, 0.05) is 23.4 Å². The monoisotopic (exact) mass is 238 g/mol. The molecule has 0 saturated carbocycles. The Labute approximate surface area is 97.6 Å². The third-order valence-electron chi connectivity index (χ3n) is 2.14. The molecule has 0 fully saturated rings. The Morgan fingerprint density at radius 1 is 1.25 bits per heavy atom. The number of rotatable bonds is 4. The molecule has 0 bridgehead atoms. The van der Waals surface area contributed by atoms with Crippen LogP contribution in [-0.4, -0.2) is 12.5 Å². The van der Waals surface area contributed by atoms with Gasteiger partial charge in [0.25, 0.3) is 0 Å². The molecule has 2 aromatic rings. The highest BCUT2D eigenvalue weighted by molar-refractivity contribution is 6.17. The quantitative estimate of drug-likeness (QED) is 0.467. The zero-order chi connectivity index (χ0) is 11.4. The normalized spacial score (nSPS) is 10.6. The molecule has 4 heteroatoms. The summed E-state index contributed by atoms with van der Waals surface area (Å²) in [4.78, 5) is 11.0. The van der Waals surface area contributed by atoms with Crippen LogP contribution in [0.5, 0.6) is 5.75 Å². The molecule has 2 rings (SSSR count). The third kappa shape index (κ3) is 2.55. The highest BCUT2D eigenvalue weighted by Gasteiger charge is 2.00. The van der Waals surface area contributed by atoms with Crippen LogP contribution >= 0.6 is 11.6 Å².